The summed E-state index contributed by atoms with van der Waals surface area (Å²) in [5.74, 6) is 0.744. The molecule has 1 unspecified atom stereocenters. The molecule has 1 aromatic rings. The molecule has 0 amide bonds. The summed E-state index contributed by atoms with van der Waals surface area (Å²) in [7, 11) is 0. The quantitative estimate of drug-likeness (QED) is 0.788. The first-order chi connectivity index (χ1) is 6.33. The highest BCUT2D eigenvalue weighted by Gasteiger charge is 2.19. The second kappa shape index (κ2) is 3.70. The highest BCUT2D eigenvalue weighted by Crippen LogP contribution is 2.37. The Labute approximate surface area is 87.7 Å². The van der Waals surface area contributed by atoms with Crippen LogP contribution in [0.15, 0.2) is 22.7 Å². The zero-order chi connectivity index (χ0) is 9.26. The second-order valence-electron chi connectivity index (χ2n) is 3.52. The highest BCUT2D eigenvalue weighted by molar-refractivity contribution is 9.10. The van der Waals surface area contributed by atoms with E-state index in [1.54, 1.807) is 0 Å². The van der Waals surface area contributed by atoms with Crippen molar-refractivity contribution in [3.63, 3.8) is 0 Å². The molecule has 13 heavy (non-hydrogen) atoms. The molecular formula is C11H14BrN. The zero-order valence-electron chi connectivity index (χ0n) is 7.81. The maximum Gasteiger partial charge on any atom is 0.0520 e. The average Bonchev–Trinajstić information content (AvgIpc) is 2.18. The van der Waals surface area contributed by atoms with Crippen molar-refractivity contribution in [3.8, 4) is 0 Å². The zero-order valence-corrected chi connectivity index (χ0v) is 9.39. The Morgan fingerprint density at radius 2 is 2.38 bits per heavy atom. The molecule has 2 heteroatoms. The lowest BCUT2D eigenvalue weighted by Gasteiger charge is -2.26. The third-order valence-electron chi connectivity index (χ3n) is 2.77. The van der Waals surface area contributed by atoms with E-state index in [2.05, 4.69) is 46.4 Å². The van der Waals surface area contributed by atoms with Gasteiger partial charge in [0.2, 0.25) is 0 Å². The fraction of sp³-hybridized carbons (Fsp3) is 0.455. The maximum atomic E-state index is 3.58. The van der Waals surface area contributed by atoms with Gasteiger partial charge >= 0.3 is 0 Å². The third-order valence-corrected chi connectivity index (χ3v) is 3.43. The first-order valence-electron chi connectivity index (χ1n) is 4.85. The Kier molecular flexibility index (Phi) is 2.58. The van der Waals surface area contributed by atoms with Crippen molar-refractivity contribution in [2.24, 2.45) is 0 Å². The molecule has 1 aliphatic heterocycles. The number of fused-ring (bicyclic) bond motifs is 1. The number of hydrogen-bond donors (Lipinski definition) is 1. The van der Waals surface area contributed by atoms with Crippen LogP contribution in [0.5, 0.6) is 0 Å². The summed E-state index contributed by atoms with van der Waals surface area (Å²) in [5.41, 5.74) is 2.78. The van der Waals surface area contributed by atoms with E-state index in [1.807, 2.05) is 0 Å². The number of benzene rings is 1. The topological polar surface area (TPSA) is 12.0 Å². The Morgan fingerprint density at radius 3 is 3.15 bits per heavy atom. The van der Waals surface area contributed by atoms with E-state index in [-0.39, 0.29) is 0 Å². The van der Waals surface area contributed by atoms with Gasteiger partial charge in [0.1, 0.15) is 0 Å². The lowest BCUT2D eigenvalue weighted by atomic mass is 9.89. The van der Waals surface area contributed by atoms with Crippen LogP contribution in [-0.2, 0) is 0 Å². The van der Waals surface area contributed by atoms with E-state index in [0.29, 0.717) is 0 Å². The number of anilines is 1. The molecule has 0 spiro atoms. The van der Waals surface area contributed by atoms with Crippen molar-refractivity contribution in [1.29, 1.82) is 0 Å². The Hall–Kier alpha value is -0.500. The normalized spacial score (nSPS) is 20.6. The fourth-order valence-corrected chi connectivity index (χ4v) is 2.54. The monoisotopic (exact) mass is 239 g/mol. The van der Waals surface area contributed by atoms with Gasteiger partial charge in [-0.3, -0.25) is 0 Å². The first kappa shape index (κ1) is 9.07. The van der Waals surface area contributed by atoms with E-state index in [4.69, 9.17) is 0 Å². The summed E-state index contributed by atoms with van der Waals surface area (Å²) >= 11 is 3.58. The highest BCUT2D eigenvalue weighted by atomic mass is 79.9. The van der Waals surface area contributed by atoms with E-state index >= 15 is 0 Å². The van der Waals surface area contributed by atoms with Crippen molar-refractivity contribution >= 4 is 21.6 Å². The molecule has 2 rings (SSSR count). The Balaban J connectivity index is 2.45. The molecule has 1 aromatic carbocycles. The average molecular weight is 240 g/mol. The molecule has 1 aliphatic rings. The van der Waals surface area contributed by atoms with Crippen molar-refractivity contribution in [3.05, 3.63) is 28.2 Å². The van der Waals surface area contributed by atoms with Crippen LogP contribution in [0.3, 0.4) is 0 Å². The van der Waals surface area contributed by atoms with Gasteiger partial charge < -0.3 is 5.32 Å². The second-order valence-corrected chi connectivity index (χ2v) is 4.38. The van der Waals surface area contributed by atoms with Crippen LogP contribution in [0.1, 0.15) is 31.2 Å². The van der Waals surface area contributed by atoms with E-state index in [9.17, 15) is 0 Å². The van der Waals surface area contributed by atoms with Gasteiger partial charge in [0.05, 0.1) is 5.69 Å². The van der Waals surface area contributed by atoms with Gasteiger partial charge in [0.25, 0.3) is 0 Å². The summed E-state index contributed by atoms with van der Waals surface area (Å²) < 4.78 is 1.20. The maximum absolute atomic E-state index is 3.58. The molecule has 0 aliphatic carbocycles. The molecule has 1 heterocycles. The van der Waals surface area contributed by atoms with Crippen LogP contribution in [-0.4, -0.2) is 6.54 Å². The van der Waals surface area contributed by atoms with E-state index < -0.39 is 0 Å². The predicted octanol–water partition coefficient (Wildman–Crippen LogP) is 3.76. The van der Waals surface area contributed by atoms with Crippen LogP contribution in [0.25, 0.3) is 0 Å². The largest absolute Gasteiger partial charge is 0.384 e. The lowest BCUT2D eigenvalue weighted by molar-refractivity contribution is 0.608. The SMILES string of the molecule is CCC1CCNc2c(Br)cccc21. The van der Waals surface area contributed by atoms with Crippen LogP contribution in [0.2, 0.25) is 0 Å². The first-order valence-corrected chi connectivity index (χ1v) is 5.64. The number of para-hydroxylation sites is 1. The number of nitrogens with one attached hydrogen (secondary N) is 1. The van der Waals surface area contributed by atoms with Gasteiger partial charge in [0.15, 0.2) is 0 Å². The number of halogens is 1. The summed E-state index contributed by atoms with van der Waals surface area (Å²) in [6.45, 7) is 3.37. The Morgan fingerprint density at radius 1 is 1.54 bits per heavy atom. The molecule has 0 fully saturated rings. The minimum atomic E-state index is 0.744. The molecule has 1 nitrogen and oxygen atoms in total. The van der Waals surface area contributed by atoms with Gasteiger partial charge in [-0.1, -0.05) is 19.1 Å². The van der Waals surface area contributed by atoms with Crippen molar-refractivity contribution in [1.82, 2.24) is 0 Å². The van der Waals surface area contributed by atoms with Crippen molar-refractivity contribution in [2.45, 2.75) is 25.7 Å². The molecule has 1 N–H and O–H groups in total. The number of hydrogen-bond acceptors (Lipinski definition) is 1. The van der Waals surface area contributed by atoms with E-state index in [1.165, 1.54) is 28.6 Å². The molecule has 1 atom stereocenters. The van der Waals surface area contributed by atoms with Gasteiger partial charge in [-0.05, 0) is 46.3 Å². The molecule has 0 saturated carbocycles. The van der Waals surface area contributed by atoms with Crippen LogP contribution in [0.4, 0.5) is 5.69 Å². The van der Waals surface area contributed by atoms with Crippen molar-refractivity contribution in [2.75, 3.05) is 11.9 Å². The van der Waals surface area contributed by atoms with Crippen molar-refractivity contribution < 1.29 is 0 Å². The standard InChI is InChI=1S/C11H14BrN/c1-2-8-6-7-13-11-9(8)4-3-5-10(11)12/h3-5,8,13H,2,6-7H2,1H3. The van der Waals surface area contributed by atoms with Gasteiger partial charge in [-0.2, -0.15) is 0 Å². The molecule has 0 bridgehead atoms. The molecular weight excluding hydrogens is 226 g/mol. The minimum Gasteiger partial charge on any atom is -0.384 e. The molecule has 0 radical (unpaired) electrons. The van der Waals surface area contributed by atoms with Crippen LogP contribution in [0, 0.1) is 0 Å². The summed E-state index contributed by atoms with van der Waals surface area (Å²) in [6.07, 6.45) is 2.51. The number of rotatable bonds is 1. The molecule has 0 saturated heterocycles. The third kappa shape index (κ3) is 1.60. The predicted molar refractivity (Wildman–Crippen MR) is 60.3 cm³/mol. The fourth-order valence-electron chi connectivity index (χ4n) is 2.02. The molecule has 0 aromatic heterocycles. The van der Waals surface area contributed by atoms with Crippen LogP contribution < -0.4 is 5.32 Å². The summed E-state index contributed by atoms with van der Waals surface area (Å²) in [5, 5.41) is 3.45. The molecule has 70 valence electrons. The summed E-state index contributed by atoms with van der Waals surface area (Å²) in [4.78, 5) is 0. The van der Waals surface area contributed by atoms with Gasteiger partial charge in [-0.25, -0.2) is 0 Å². The van der Waals surface area contributed by atoms with E-state index in [0.717, 1.165) is 12.5 Å². The minimum absolute atomic E-state index is 0.744. The van der Waals surface area contributed by atoms with Gasteiger partial charge in [-0.15, -0.1) is 0 Å². The van der Waals surface area contributed by atoms with Gasteiger partial charge in [0, 0.05) is 11.0 Å². The lowest BCUT2D eigenvalue weighted by Crippen LogP contribution is -2.16. The van der Waals surface area contributed by atoms with Crippen LogP contribution >= 0.6 is 15.9 Å². The summed E-state index contributed by atoms with van der Waals surface area (Å²) in [6, 6.07) is 6.46. The Bertz CT molecular complexity index is 309. The smallest absolute Gasteiger partial charge is 0.0520 e.